The van der Waals surface area contributed by atoms with E-state index < -0.39 is 40.4 Å². The van der Waals surface area contributed by atoms with Gasteiger partial charge < -0.3 is 27.7 Å². The van der Waals surface area contributed by atoms with Gasteiger partial charge in [0.25, 0.3) is 0 Å². The number of ketones is 1. The van der Waals surface area contributed by atoms with E-state index in [2.05, 4.69) is 4.74 Å². The number of nitrogens with two attached hydrogens (primary N) is 6. The Labute approximate surface area is 112 Å². The fourth-order valence-electron chi connectivity index (χ4n) is 1.87. The van der Waals surface area contributed by atoms with Crippen molar-refractivity contribution in [3.8, 4) is 0 Å². The first-order valence-corrected chi connectivity index (χ1v) is 5.25. The fraction of sp³-hybridized carbons (Fsp3) is 0.100. The number of carbonyl (C=O) groups excluding carboxylic acids is 3. The van der Waals surface area contributed by atoms with Crippen LogP contribution in [0.25, 0.3) is 0 Å². The molecule has 0 bridgehead atoms. The largest absolute Gasteiger partial charge is 0.396 e. The van der Waals surface area contributed by atoms with E-state index in [0.717, 1.165) is 0 Å². The third-order valence-corrected chi connectivity index (χ3v) is 3.00. The second-order valence-electron chi connectivity index (χ2n) is 4.28. The van der Waals surface area contributed by atoms with Crippen molar-refractivity contribution >= 4 is 17.7 Å². The topological polar surface area (TPSA) is 217 Å². The SMILES string of the molecule is NC1=C(N)C(=C2C(=O)OC(=O)C2(N)N)C(N)=C(N)C1=O. The van der Waals surface area contributed by atoms with Crippen LogP contribution in [-0.4, -0.2) is 23.4 Å². The van der Waals surface area contributed by atoms with Crippen LogP contribution in [-0.2, 0) is 19.1 Å². The summed E-state index contributed by atoms with van der Waals surface area (Å²) in [4.78, 5) is 34.8. The molecule has 12 N–H and O–H groups in total. The average Bonchev–Trinajstić information content (AvgIpc) is 2.56. The molecule has 0 radical (unpaired) electrons. The molecule has 1 saturated heterocycles. The summed E-state index contributed by atoms with van der Waals surface area (Å²) < 4.78 is 4.33. The number of rotatable bonds is 0. The molecule has 0 amide bonds. The first-order chi connectivity index (χ1) is 9.10. The van der Waals surface area contributed by atoms with Gasteiger partial charge in [-0.05, 0) is 0 Å². The zero-order valence-electron chi connectivity index (χ0n) is 10.1. The molecule has 0 saturated carbocycles. The number of ether oxygens (including phenoxy) is 1. The number of hydrogen-bond donors (Lipinski definition) is 6. The molecule has 0 unspecified atom stereocenters. The van der Waals surface area contributed by atoms with E-state index >= 15 is 0 Å². The molecule has 0 aromatic rings. The van der Waals surface area contributed by atoms with Crippen LogP contribution in [0.4, 0.5) is 0 Å². The van der Waals surface area contributed by atoms with Crippen LogP contribution >= 0.6 is 0 Å². The minimum atomic E-state index is -2.26. The highest BCUT2D eigenvalue weighted by atomic mass is 16.6. The molecule has 0 spiro atoms. The lowest BCUT2D eigenvalue weighted by Gasteiger charge is -2.23. The Morgan fingerprint density at radius 3 is 1.60 bits per heavy atom. The van der Waals surface area contributed by atoms with E-state index in [-0.39, 0.29) is 17.0 Å². The van der Waals surface area contributed by atoms with Crippen LogP contribution in [0.1, 0.15) is 0 Å². The molecule has 1 aliphatic heterocycles. The van der Waals surface area contributed by atoms with Crippen molar-refractivity contribution in [2.75, 3.05) is 0 Å². The molecular weight excluding hydrogens is 268 g/mol. The van der Waals surface area contributed by atoms with Crippen molar-refractivity contribution < 1.29 is 19.1 Å². The lowest BCUT2D eigenvalue weighted by Crippen LogP contribution is -2.55. The maximum Gasteiger partial charge on any atom is 0.353 e. The average molecular weight is 280 g/mol. The van der Waals surface area contributed by atoms with E-state index in [9.17, 15) is 14.4 Å². The van der Waals surface area contributed by atoms with Gasteiger partial charge in [0, 0.05) is 5.57 Å². The molecule has 1 aliphatic carbocycles. The zero-order valence-corrected chi connectivity index (χ0v) is 10.1. The normalized spacial score (nSPS) is 22.8. The summed E-state index contributed by atoms with van der Waals surface area (Å²) in [5, 5.41) is 0. The smallest absolute Gasteiger partial charge is 0.353 e. The molecule has 10 nitrogen and oxygen atoms in total. The minimum Gasteiger partial charge on any atom is -0.396 e. The van der Waals surface area contributed by atoms with Gasteiger partial charge >= 0.3 is 11.9 Å². The van der Waals surface area contributed by atoms with Crippen molar-refractivity contribution in [3.05, 3.63) is 33.9 Å². The summed E-state index contributed by atoms with van der Waals surface area (Å²) >= 11 is 0. The predicted molar refractivity (Wildman–Crippen MR) is 65.0 cm³/mol. The van der Waals surface area contributed by atoms with Gasteiger partial charge in [-0.3, -0.25) is 16.3 Å². The number of esters is 2. The molecule has 1 fully saturated rings. The fourth-order valence-corrected chi connectivity index (χ4v) is 1.87. The molecular formula is C10H12N6O4. The van der Waals surface area contributed by atoms with E-state index in [0.29, 0.717) is 0 Å². The van der Waals surface area contributed by atoms with Crippen LogP contribution in [0.3, 0.4) is 0 Å². The Kier molecular flexibility index (Phi) is 2.59. The Morgan fingerprint density at radius 1 is 0.800 bits per heavy atom. The molecule has 0 aromatic carbocycles. The second kappa shape index (κ2) is 3.82. The van der Waals surface area contributed by atoms with E-state index in [1.54, 1.807) is 0 Å². The highest BCUT2D eigenvalue weighted by molar-refractivity contribution is 6.16. The van der Waals surface area contributed by atoms with Gasteiger partial charge in [-0.2, -0.15) is 0 Å². The third-order valence-electron chi connectivity index (χ3n) is 3.00. The van der Waals surface area contributed by atoms with Gasteiger partial charge in [0.05, 0.1) is 17.0 Å². The molecule has 106 valence electrons. The monoisotopic (exact) mass is 280 g/mol. The van der Waals surface area contributed by atoms with Crippen molar-refractivity contribution in [3.63, 3.8) is 0 Å². The van der Waals surface area contributed by atoms with Gasteiger partial charge in [0.15, 0.2) is 5.66 Å². The second-order valence-corrected chi connectivity index (χ2v) is 4.28. The number of Topliss-reactive ketones (excluding diaryl/α,β-unsaturated/α-hetero) is 1. The van der Waals surface area contributed by atoms with Gasteiger partial charge in [-0.25, -0.2) is 9.59 Å². The summed E-state index contributed by atoms with van der Waals surface area (Å²) in [6, 6.07) is 0. The Bertz CT molecular complexity index is 639. The van der Waals surface area contributed by atoms with Crippen molar-refractivity contribution in [2.24, 2.45) is 34.4 Å². The lowest BCUT2D eigenvalue weighted by molar-refractivity contribution is -0.153. The summed E-state index contributed by atoms with van der Waals surface area (Å²) in [5.41, 5.74) is 28.8. The highest BCUT2D eigenvalue weighted by Crippen LogP contribution is 2.32. The van der Waals surface area contributed by atoms with Crippen molar-refractivity contribution in [2.45, 2.75) is 5.66 Å². The third kappa shape index (κ3) is 1.49. The molecule has 0 atom stereocenters. The van der Waals surface area contributed by atoms with Gasteiger partial charge in [-0.15, -0.1) is 0 Å². The lowest BCUT2D eigenvalue weighted by atomic mass is 9.88. The molecule has 1 heterocycles. The Morgan fingerprint density at radius 2 is 1.25 bits per heavy atom. The van der Waals surface area contributed by atoms with Crippen LogP contribution in [0.15, 0.2) is 33.9 Å². The molecule has 0 aromatic heterocycles. The quantitative estimate of drug-likeness (QED) is 0.109. The van der Waals surface area contributed by atoms with Crippen LogP contribution in [0, 0.1) is 0 Å². The van der Waals surface area contributed by atoms with Gasteiger partial charge in [-0.1, -0.05) is 0 Å². The predicted octanol–water partition coefficient (Wildman–Crippen LogP) is -4.18. The summed E-state index contributed by atoms with van der Waals surface area (Å²) in [5.74, 6) is -3.10. The number of hydrogen-bond acceptors (Lipinski definition) is 10. The highest BCUT2D eigenvalue weighted by Gasteiger charge is 2.51. The summed E-state index contributed by atoms with van der Waals surface area (Å²) in [6.45, 7) is 0. The molecule has 20 heavy (non-hydrogen) atoms. The molecule has 2 rings (SSSR count). The zero-order chi connectivity index (χ0) is 15.4. The van der Waals surface area contributed by atoms with Crippen LogP contribution in [0.2, 0.25) is 0 Å². The van der Waals surface area contributed by atoms with E-state index in [4.69, 9.17) is 34.4 Å². The van der Waals surface area contributed by atoms with Crippen LogP contribution in [0.5, 0.6) is 0 Å². The van der Waals surface area contributed by atoms with E-state index in [1.807, 2.05) is 0 Å². The van der Waals surface area contributed by atoms with E-state index in [1.165, 1.54) is 0 Å². The summed E-state index contributed by atoms with van der Waals surface area (Å²) in [7, 11) is 0. The minimum absolute atomic E-state index is 0.263. The van der Waals surface area contributed by atoms with Crippen molar-refractivity contribution in [1.29, 1.82) is 0 Å². The maximum absolute atomic E-state index is 11.7. The number of carbonyl (C=O) groups is 3. The van der Waals surface area contributed by atoms with Gasteiger partial charge in [0.1, 0.15) is 11.4 Å². The maximum atomic E-state index is 11.7. The number of cyclic esters (lactones) is 2. The summed E-state index contributed by atoms with van der Waals surface area (Å²) in [6.07, 6.45) is 0. The van der Waals surface area contributed by atoms with Gasteiger partial charge in [0.2, 0.25) is 5.78 Å². The van der Waals surface area contributed by atoms with Crippen LogP contribution < -0.4 is 34.4 Å². The first-order valence-electron chi connectivity index (χ1n) is 5.25. The standard InChI is InChI=1S/C10H12N6O4/c11-3-1(4(12)6(14)7(17)5(3)13)2-8(18)20-9(19)10(2,15)16/h11-16H2. The first kappa shape index (κ1) is 13.6. The van der Waals surface area contributed by atoms with Crippen molar-refractivity contribution in [1.82, 2.24) is 0 Å². The molecule has 2 aliphatic rings. The Hall–Kier alpha value is -2.85. The molecule has 10 heteroatoms. The Balaban J connectivity index is 2.85.